The maximum absolute atomic E-state index is 14.6. The summed E-state index contributed by atoms with van der Waals surface area (Å²) < 4.78 is 44.7. The zero-order valence-electron chi connectivity index (χ0n) is 17.3. The molecule has 1 saturated carbocycles. The monoisotopic (exact) mass is 456 g/mol. The molecule has 10 heteroatoms. The fourth-order valence-electron chi connectivity index (χ4n) is 3.13. The van der Waals surface area contributed by atoms with Gasteiger partial charge in [-0.2, -0.15) is 0 Å². The van der Waals surface area contributed by atoms with Crippen molar-refractivity contribution >= 4 is 15.7 Å². The van der Waals surface area contributed by atoms with E-state index in [1.54, 1.807) is 6.07 Å². The molecule has 8 nitrogen and oxygen atoms in total. The quantitative estimate of drug-likeness (QED) is 0.555. The van der Waals surface area contributed by atoms with Crippen LogP contribution in [0.4, 0.5) is 4.39 Å². The van der Waals surface area contributed by atoms with Crippen LogP contribution >= 0.6 is 0 Å². The molecule has 1 fully saturated rings. The first-order valence-corrected chi connectivity index (χ1v) is 11.6. The number of carbonyl (C=O) groups excluding carboxylic acids is 1. The lowest BCUT2D eigenvalue weighted by atomic mass is 10.1. The van der Waals surface area contributed by atoms with Crippen molar-refractivity contribution in [1.82, 2.24) is 20.3 Å². The summed E-state index contributed by atoms with van der Waals surface area (Å²) in [6, 6.07) is 7.02. The summed E-state index contributed by atoms with van der Waals surface area (Å²) in [4.78, 5) is 25.1. The highest BCUT2D eigenvalue weighted by atomic mass is 32.2. The molecule has 166 valence electrons. The van der Waals surface area contributed by atoms with Gasteiger partial charge in [-0.05, 0) is 44.0 Å². The molecule has 0 aliphatic heterocycles. The van der Waals surface area contributed by atoms with Crippen LogP contribution in [-0.4, -0.2) is 41.1 Å². The average molecular weight is 456 g/mol. The van der Waals surface area contributed by atoms with Crippen molar-refractivity contribution in [3.05, 3.63) is 66.0 Å². The third kappa shape index (κ3) is 4.75. The predicted molar refractivity (Wildman–Crippen MR) is 114 cm³/mol. The molecule has 0 atom stereocenters. The van der Waals surface area contributed by atoms with Gasteiger partial charge in [-0.15, -0.1) is 0 Å². The van der Waals surface area contributed by atoms with Crippen molar-refractivity contribution in [2.24, 2.45) is 0 Å². The Labute approximate surface area is 184 Å². The summed E-state index contributed by atoms with van der Waals surface area (Å²) in [7, 11) is -3.36. The van der Waals surface area contributed by atoms with E-state index >= 15 is 0 Å². The SMILES string of the molecule is CCOc1cncc(-c2ccc(C(=O)NCc3cc(S(=O)(=O)C4CC4)ccn3)c(F)c2)n1. The summed E-state index contributed by atoms with van der Waals surface area (Å²) in [5, 5.41) is 2.25. The van der Waals surface area contributed by atoms with Gasteiger partial charge in [-0.1, -0.05) is 6.07 Å². The third-order valence-corrected chi connectivity index (χ3v) is 7.18. The Kier molecular flexibility index (Phi) is 6.13. The molecule has 1 aliphatic carbocycles. The maximum Gasteiger partial charge on any atom is 0.254 e. The van der Waals surface area contributed by atoms with Crippen molar-refractivity contribution in [1.29, 1.82) is 0 Å². The Morgan fingerprint density at radius 2 is 2.03 bits per heavy atom. The van der Waals surface area contributed by atoms with Crippen LogP contribution in [0.3, 0.4) is 0 Å². The summed E-state index contributed by atoms with van der Waals surface area (Å²) in [5.41, 5.74) is 1.09. The van der Waals surface area contributed by atoms with Crippen molar-refractivity contribution < 1.29 is 22.3 Å². The number of ether oxygens (including phenoxy) is 1. The lowest BCUT2D eigenvalue weighted by Crippen LogP contribution is -2.24. The average Bonchev–Trinajstić information content (AvgIpc) is 3.64. The Morgan fingerprint density at radius 3 is 2.75 bits per heavy atom. The number of halogens is 1. The number of benzene rings is 1. The fraction of sp³-hybridized carbons (Fsp3) is 0.273. The van der Waals surface area contributed by atoms with Crippen LogP contribution in [0.5, 0.6) is 5.88 Å². The van der Waals surface area contributed by atoms with Gasteiger partial charge in [-0.3, -0.25) is 14.8 Å². The molecule has 1 N–H and O–H groups in total. The number of carbonyl (C=O) groups is 1. The summed E-state index contributed by atoms with van der Waals surface area (Å²) >= 11 is 0. The van der Waals surface area contributed by atoms with Gasteiger partial charge in [0, 0.05) is 11.8 Å². The van der Waals surface area contributed by atoms with E-state index in [2.05, 4.69) is 20.3 Å². The van der Waals surface area contributed by atoms with Gasteiger partial charge in [0.2, 0.25) is 5.88 Å². The molecule has 0 bridgehead atoms. The first-order valence-electron chi connectivity index (χ1n) is 10.1. The number of sulfone groups is 1. The standard InChI is InChI=1S/C22H21FN4O4S/c1-2-31-21-13-24-12-20(27-21)14-3-6-18(19(23)9-14)22(28)26-11-15-10-17(7-8-25-15)32(29,30)16-4-5-16/h3,6-10,12-13,16H,2,4-5,11H2,1H3,(H,26,28). The molecule has 0 saturated heterocycles. The van der Waals surface area contributed by atoms with Crippen LogP contribution in [0.1, 0.15) is 35.8 Å². The lowest BCUT2D eigenvalue weighted by Gasteiger charge is -2.09. The predicted octanol–water partition coefficient (Wildman–Crippen LogP) is 2.94. The first kappa shape index (κ1) is 21.8. The molecule has 0 radical (unpaired) electrons. The smallest absolute Gasteiger partial charge is 0.254 e. The van der Waals surface area contributed by atoms with Crippen LogP contribution in [0.15, 0.2) is 53.8 Å². The number of hydrogen-bond acceptors (Lipinski definition) is 7. The molecular weight excluding hydrogens is 435 g/mol. The van der Waals surface area contributed by atoms with Gasteiger partial charge in [0.15, 0.2) is 9.84 Å². The van der Waals surface area contributed by atoms with Gasteiger partial charge < -0.3 is 10.1 Å². The van der Waals surface area contributed by atoms with Gasteiger partial charge in [0.05, 0.1) is 52.6 Å². The van der Waals surface area contributed by atoms with Crippen LogP contribution in [-0.2, 0) is 16.4 Å². The Hall–Kier alpha value is -3.40. The molecular formula is C22H21FN4O4S. The van der Waals surface area contributed by atoms with Crippen LogP contribution in [0, 0.1) is 5.82 Å². The topological polar surface area (TPSA) is 111 Å². The number of aromatic nitrogens is 3. The van der Waals surface area contributed by atoms with E-state index in [9.17, 15) is 17.6 Å². The number of hydrogen-bond donors (Lipinski definition) is 1. The molecule has 0 unspecified atom stereocenters. The largest absolute Gasteiger partial charge is 0.477 e. The van der Waals surface area contributed by atoms with E-state index in [-0.39, 0.29) is 22.3 Å². The van der Waals surface area contributed by atoms with Gasteiger partial charge in [0.25, 0.3) is 5.91 Å². The van der Waals surface area contributed by atoms with Crippen molar-refractivity contribution in [2.45, 2.75) is 36.5 Å². The van der Waals surface area contributed by atoms with Crippen LogP contribution < -0.4 is 10.1 Å². The lowest BCUT2D eigenvalue weighted by molar-refractivity contribution is 0.0946. The van der Waals surface area contributed by atoms with Gasteiger partial charge in [-0.25, -0.2) is 17.8 Å². The third-order valence-electron chi connectivity index (χ3n) is 4.92. The van der Waals surface area contributed by atoms with Crippen molar-refractivity contribution in [3.8, 4) is 17.1 Å². The Bertz CT molecular complexity index is 1260. The molecule has 32 heavy (non-hydrogen) atoms. The number of nitrogens with zero attached hydrogens (tertiary/aromatic N) is 3. The zero-order valence-corrected chi connectivity index (χ0v) is 18.1. The van der Waals surface area contributed by atoms with E-state index in [0.717, 1.165) is 0 Å². The molecule has 3 aromatic rings. The second-order valence-electron chi connectivity index (χ2n) is 7.28. The number of amides is 1. The summed E-state index contributed by atoms with van der Waals surface area (Å²) in [5.74, 6) is -1.03. The van der Waals surface area contributed by atoms with Gasteiger partial charge in [0.1, 0.15) is 5.82 Å². The van der Waals surface area contributed by atoms with Gasteiger partial charge >= 0.3 is 0 Å². The maximum atomic E-state index is 14.6. The van der Waals surface area contributed by atoms with Crippen LogP contribution in [0.25, 0.3) is 11.3 Å². The second kappa shape index (κ2) is 8.99. The molecule has 4 rings (SSSR count). The van der Waals surface area contributed by atoms with E-state index < -0.39 is 21.6 Å². The van der Waals surface area contributed by atoms with Crippen LogP contribution in [0.2, 0.25) is 0 Å². The highest BCUT2D eigenvalue weighted by Crippen LogP contribution is 2.33. The van der Waals surface area contributed by atoms with E-state index in [1.165, 1.54) is 42.9 Å². The normalized spacial score (nSPS) is 13.6. The summed E-state index contributed by atoms with van der Waals surface area (Å²) in [6.45, 7) is 2.21. The van der Waals surface area contributed by atoms with E-state index in [4.69, 9.17) is 4.74 Å². The molecule has 1 aliphatic rings. The highest BCUT2D eigenvalue weighted by Gasteiger charge is 2.36. The first-order chi connectivity index (χ1) is 15.4. The Balaban J connectivity index is 1.46. The molecule has 0 spiro atoms. The minimum atomic E-state index is -3.36. The summed E-state index contributed by atoms with van der Waals surface area (Å²) in [6.07, 6.45) is 5.65. The van der Waals surface area contributed by atoms with E-state index in [1.807, 2.05) is 6.92 Å². The Morgan fingerprint density at radius 1 is 1.22 bits per heavy atom. The second-order valence-corrected chi connectivity index (χ2v) is 9.51. The number of pyridine rings is 1. The molecule has 2 heterocycles. The fourth-order valence-corrected chi connectivity index (χ4v) is 4.82. The highest BCUT2D eigenvalue weighted by molar-refractivity contribution is 7.92. The number of nitrogens with one attached hydrogen (secondary N) is 1. The van der Waals surface area contributed by atoms with E-state index in [0.29, 0.717) is 42.3 Å². The van der Waals surface area contributed by atoms with Crippen molar-refractivity contribution in [2.75, 3.05) is 6.61 Å². The minimum absolute atomic E-state index is 0.0318. The minimum Gasteiger partial charge on any atom is -0.477 e. The number of rotatable bonds is 8. The zero-order chi connectivity index (χ0) is 22.7. The molecule has 2 aromatic heterocycles. The molecule has 1 aromatic carbocycles. The van der Waals surface area contributed by atoms with Crippen molar-refractivity contribution in [3.63, 3.8) is 0 Å². The molecule has 1 amide bonds.